The molecule has 1 aromatic heterocycles. The lowest BCUT2D eigenvalue weighted by Gasteiger charge is -2.33. The van der Waals surface area contributed by atoms with Gasteiger partial charge < -0.3 is 5.32 Å². The van der Waals surface area contributed by atoms with Gasteiger partial charge in [-0.2, -0.15) is 5.10 Å². The summed E-state index contributed by atoms with van der Waals surface area (Å²) in [5.74, 6) is 0. The summed E-state index contributed by atoms with van der Waals surface area (Å²) in [6.45, 7) is 8.66. The molecule has 1 fully saturated rings. The smallest absolute Gasteiger partial charge is 0.0597 e. The molecule has 2 heterocycles. The molecule has 84 valence electrons. The monoisotopic (exact) mass is 208 g/mol. The van der Waals surface area contributed by atoms with E-state index in [-0.39, 0.29) is 0 Å². The molecule has 0 amide bonds. The maximum atomic E-state index is 4.38. The molecule has 1 aliphatic heterocycles. The van der Waals surface area contributed by atoms with E-state index in [4.69, 9.17) is 0 Å². The molecular formula is C11H20N4. The standard InChI is InChI=1S/C11H20N4/c1-9-6-11(14(3)13-9)8-15-5-4-12-7-10(15)2/h6,10,12H,4-5,7-8H2,1-3H3/t10-/m0/s1. The van der Waals surface area contributed by atoms with Gasteiger partial charge in [0.2, 0.25) is 0 Å². The Morgan fingerprint density at radius 2 is 2.40 bits per heavy atom. The zero-order valence-corrected chi connectivity index (χ0v) is 9.82. The van der Waals surface area contributed by atoms with Gasteiger partial charge in [-0.25, -0.2) is 0 Å². The van der Waals surface area contributed by atoms with Crippen molar-refractivity contribution >= 4 is 0 Å². The normalized spacial score (nSPS) is 23.3. The second-order valence-corrected chi connectivity index (χ2v) is 4.42. The van der Waals surface area contributed by atoms with Gasteiger partial charge in [-0.3, -0.25) is 9.58 Å². The minimum absolute atomic E-state index is 0.619. The summed E-state index contributed by atoms with van der Waals surface area (Å²) in [7, 11) is 2.02. The third-order valence-corrected chi connectivity index (χ3v) is 3.10. The van der Waals surface area contributed by atoms with Crippen molar-refractivity contribution in [3.8, 4) is 0 Å². The van der Waals surface area contributed by atoms with Crippen LogP contribution in [0.25, 0.3) is 0 Å². The number of hydrogen-bond acceptors (Lipinski definition) is 3. The zero-order valence-electron chi connectivity index (χ0n) is 9.82. The van der Waals surface area contributed by atoms with Crippen LogP contribution in [0.2, 0.25) is 0 Å². The first-order chi connectivity index (χ1) is 7.16. The van der Waals surface area contributed by atoms with Gasteiger partial charge in [-0.05, 0) is 19.9 Å². The number of aryl methyl sites for hydroxylation is 2. The second kappa shape index (κ2) is 4.33. The Bertz CT molecular complexity index is 331. The minimum atomic E-state index is 0.619. The van der Waals surface area contributed by atoms with Crippen LogP contribution < -0.4 is 5.32 Å². The molecule has 0 radical (unpaired) electrons. The van der Waals surface area contributed by atoms with Crippen LogP contribution in [-0.4, -0.2) is 40.4 Å². The lowest BCUT2D eigenvalue weighted by Crippen LogP contribution is -2.49. The topological polar surface area (TPSA) is 33.1 Å². The van der Waals surface area contributed by atoms with Gasteiger partial charge in [0.05, 0.1) is 11.4 Å². The number of piperazine rings is 1. The highest BCUT2D eigenvalue weighted by Crippen LogP contribution is 2.10. The van der Waals surface area contributed by atoms with Gasteiger partial charge in [-0.15, -0.1) is 0 Å². The maximum Gasteiger partial charge on any atom is 0.0597 e. The first kappa shape index (κ1) is 10.6. The van der Waals surface area contributed by atoms with E-state index in [1.54, 1.807) is 0 Å². The summed E-state index contributed by atoms with van der Waals surface area (Å²) in [5, 5.41) is 7.78. The second-order valence-electron chi connectivity index (χ2n) is 4.42. The minimum Gasteiger partial charge on any atom is -0.314 e. The van der Waals surface area contributed by atoms with E-state index in [2.05, 4.69) is 28.3 Å². The molecule has 4 heteroatoms. The van der Waals surface area contributed by atoms with Crippen LogP contribution >= 0.6 is 0 Å². The Hall–Kier alpha value is -0.870. The average molecular weight is 208 g/mol. The lowest BCUT2D eigenvalue weighted by molar-refractivity contribution is 0.162. The Morgan fingerprint density at radius 1 is 1.60 bits per heavy atom. The van der Waals surface area contributed by atoms with Gasteiger partial charge in [0, 0.05) is 39.3 Å². The number of aromatic nitrogens is 2. The van der Waals surface area contributed by atoms with Crippen molar-refractivity contribution in [2.45, 2.75) is 26.4 Å². The van der Waals surface area contributed by atoms with Crippen molar-refractivity contribution < 1.29 is 0 Å². The van der Waals surface area contributed by atoms with Gasteiger partial charge in [0.15, 0.2) is 0 Å². The van der Waals surface area contributed by atoms with Crippen LogP contribution in [0.5, 0.6) is 0 Å². The van der Waals surface area contributed by atoms with Gasteiger partial charge in [0.1, 0.15) is 0 Å². The molecular weight excluding hydrogens is 188 g/mol. The molecule has 0 unspecified atom stereocenters. The fourth-order valence-corrected chi connectivity index (χ4v) is 2.14. The fraction of sp³-hybridized carbons (Fsp3) is 0.727. The number of nitrogens with zero attached hydrogens (tertiary/aromatic N) is 3. The van der Waals surface area contributed by atoms with Gasteiger partial charge in [-0.1, -0.05) is 0 Å². The molecule has 0 saturated carbocycles. The van der Waals surface area contributed by atoms with Crippen LogP contribution in [0, 0.1) is 6.92 Å². The molecule has 15 heavy (non-hydrogen) atoms. The number of hydrogen-bond donors (Lipinski definition) is 1. The van der Waals surface area contributed by atoms with Crippen LogP contribution in [0.15, 0.2) is 6.07 Å². The van der Waals surface area contributed by atoms with E-state index in [1.807, 2.05) is 18.7 Å². The average Bonchev–Trinajstić information content (AvgIpc) is 2.49. The predicted octanol–water partition coefficient (Wildman–Crippen LogP) is 0.522. The molecule has 1 N–H and O–H groups in total. The molecule has 1 aromatic rings. The van der Waals surface area contributed by atoms with Crippen molar-refractivity contribution in [1.82, 2.24) is 20.0 Å². The van der Waals surface area contributed by atoms with Gasteiger partial charge in [0.25, 0.3) is 0 Å². The van der Waals surface area contributed by atoms with Crippen LogP contribution in [0.4, 0.5) is 0 Å². The highest BCUT2D eigenvalue weighted by molar-refractivity contribution is 5.08. The highest BCUT2D eigenvalue weighted by atomic mass is 15.3. The lowest BCUT2D eigenvalue weighted by atomic mass is 10.2. The third-order valence-electron chi connectivity index (χ3n) is 3.10. The van der Waals surface area contributed by atoms with Crippen molar-refractivity contribution in [3.05, 3.63) is 17.5 Å². The van der Waals surface area contributed by atoms with Crippen molar-refractivity contribution in [1.29, 1.82) is 0 Å². The summed E-state index contributed by atoms with van der Waals surface area (Å²) >= 11 is 0. The third kappa shape index (κ3) is 2.38. The van der Waals surface area contributed by atoms with Crippen molar-refractivity contribution in [2.24, 2.45) is 7.05 Å². The molecule has 1 aliphatic rings. The van der Waals surface area contributed by atoms with E-state index in [9.17, 15) is 0 Å². The fourth-order valence-electron chi connectivity index (χ4n) is 2.14. The van der Waals surface area contributed by atoms with E-state index >= 15 is 0 Å². The van der Waals surface area contributed by atoms with E-state index in [0.717, 1.165) is 31.9 Å². The summed E-state index contributed by atoms with van der Waals surface area (Å²) in [6.07, 6.45) is 0. The molecule has 2 rings (SSSR count). The Balaban J connectivity index is 2.04. The largest absolute Gasteiger partial charge is 0.314 e. The van der Waals surface area contributed by atoms with Crippen LogP contribution in [0.3, 0.4) is 0 Å². The van der Waals surface area contributed by atoms with Crippen molar-refractivity contribution in [2.75, 3.05) is 19.6 Å². The Morgan fingerprint density at radius 3 is 3.00 bits per heavy atom. The highest BCUT2D eigenvalue weighted by Gasteiger charge is 2.18. The molecule has 1 saturated heterocycles. The number of rotatable bonds is 2. The SMILES string of the molecule is Cc1cc(CN2CCNC[C@@H]2C)n(C)n1. The van der Waals surface area contributed by atoms with E-state index < -0.39 is 0 Å². The summed E-state index contributed by atoms with van der Waals surface area (Å²) < 4.78 is 1.99. The zero-order chi connectivity index (χ0) is 10.8. The Kier molecular flexibility index (Phi) is 3.07. The molecule has 0 spiro atoms. The van der Waals surface area contributed by atoms with E-state index in [0.29, 0.717) is 6.04 Å². The first-order valence-electron chi connectivity index (χ1n) is 5.61. The Labute approximate surface area is 91.3 Å². The van der Waals surface area contributed by atoms with Crippen LogP contribution in [-0.2, 0) is 13.6 Å². The summed E-state index contributed by atoms with van der Waals surface area (Å²) in [6, 6.07) is 2.79. The maximum absolute atomic E-state index is 4.38. The summed E-state index contributed by atoms with van der Waals surface area (Å²) in [4.78, 5) is 2.51. The molecule has 0 aromatic carbocycles. The summed E-state index contributed by atoms with van der Waals surface area (Å²) in [5.41, 5.74) is 2.41. The van der Waals surface area contributed by atoms with Crippen LogP contribution in [0.1, 0.15) is 18.3 Å². The molecule has 4 nitrogen and oxygen atoms in total. The predicted molar refractivity (Wildman–Crippen MR) is 60.7 cm³/mol. The molecule has 0 bridgehead atoms. The quantitative estimate of drug-likeness (QED) is 0.769. The van der Waals surface area contributed by atoms with Gasteiger partial charge >= 0.3 is 0 Å². The molecule has 0 aliphatic carbocycles. The van der Waals surface area contributed by atoms with E-state index in [1.165, 1.54) is 5.69 Å². The molecule has 1 atom stereocenters. The number of nitrogens with one attached hydrogen (secondary N) is 1. The first-order valence-corrected chi connectivity index (χ1v) is 5.61. The van der Waals surface area contributed by atoms with Crippen molar-refractivity contribution in [3.63, 3.8) is 0 Å².